The van der Waals surface area contributed by atoms with E-state index < -0.39 is 0 Å². The highest BCUT2D eigenvalue weighted by Gasteiger charge is 2.26. The van der Waals surface area contributed by atoms with Crippen LogP contribution in [0.4, 0.5) is 0 Å². The molecule has 0 aromatic carbocycles. The van der Waals surface area contributed by atoms with Crippen molar-refractivity contribution in [2.24, 2.45) is 0 Å². The number of nitrogens with one attached hydrogen (secondary N) is 1. The summed E-state index contributed by atoms with van der Waals surface area (Å²) in [6.45, 7) is 2.89. The zero-order valence-electron chi connectivity index (χ0n) is 11.3. The van der Waals surface area contributed by atoms with E-state index in [1.165, 1.54) is 4.90 Å². The first-order chi connectivity index (χ1) is 9.29. The summed E-state index contributed by atoms with van der Waals surface area (Å²) < 4.78 is 5.43. The number of thiophene rings is 1. The van der Waals surface area contributed by atoms with E-state index in [-0.39, 0.29) is 18.4 Å². The minimum Gasteiger partial charge on any atom is -0.333 e. The Morgan fingerprint density at radius 1 is 1.55 bits per heavy atom. The van der Waals surface area contributed by atoms with Crippen molar-refractivity contribution >= 4 is 35.5 Å². The topological polar surface area (TPSA) is 54.2 Å². The number of halogens is 1. The highest BCUT2D eigenvalue weighted by Crippen LogP contribution is 2.34. The fourth-order valence-electron chi connectivity index (χ4n) is 2.17. The van der Waals surface area contributed by atoms with Gasteiger partial charge in [0.25, 0.3) is 5.89 Å². The molecule has 3 heterocycles. The largest absolute Gasteiger partial charge is 0.333 e. The molecular formula is C12H17ClN4OS2. The van der Waals surface area contributed by atoms with Crippen LogP contribution in [0.1, 0.15) is 11.9 Å². The average Bonchev–Trinajstić information content (AvgIpc) is 3.07. The molecule has 1 fully saturated rings. The number of aromatic nitrogens is 2. The molecule has 8 heteroatoms. The van der Waals surface area contributed by atoms with E-state index >= 15 is 0 Å². The summed E-state index contributed by atoms with van der Waals surface area (Å²) in [6.07, 6.45) is 2.06. The highest BCUT2D eigenvalue weighted by molar-refractivity contribution is 7.98. The van der Waals surface area contributed by atoms with Crippen molar-refractivity contribution in [2.75, 3.05) is 32.9 Å². The van der Waals surface area contributed by atoms with E-state index in [1.54, 1.807) is 23.1 Å². The summed E-state index contributed by atoms with van der Waals surface area (Å²) in [5.41, 5.74) is 0. The van der Waals surface area contributed by atoms with Crippen molar-refractivity contribution in [3.8, 4) is 10.8 Å². The van der Waals surface area contributed by atoms with Crippen LogP contribution in [0.3, 0.4) is 0 Å². The molecule has 1 aliphatic rings. The van der Waals surface area contributed by atoms with E-state index in [1.807, 2.05) is 0 Å². The Labute approximate surface area is 132 Å². The Morgan fingerprint density at radius 2 is 2.40 bits per heavy atom. The van der Waals surface area contributed by atoms with Crippen LogP contribution in [0, 0.1) is 0 Å². The summed E-state index contributed by atoms with van der Waals surface area (Å²) in [4.78, 5) is 9.09. The van der Waals surface area contributed by atoms with Gasteiger partial charge in [0.15, 0.2) is 5.82 Å². The Morgan fingerprint density at radius 3 is 3.15 bits per heavy atom. The smallest absolute Gasteiger partial charge is 0.269 e. The zero-order chi connectivity index (χ0) is 13.2. The normalized spacial score (nSPS) is 19.8. The van der Waals surface area contributed by atoms with Crippen LogP contribution in [-0.2, 0) is 0 Å². The first-order valence-electron chi connectivity index (χ1n) is 6.16. The number of hydrogen-bond acceptors (Lipinski definition) is 7. The first-order valence-corrected chi connectivity index (χ1v) is 8.26. The van der Waals surface area contributed by atoms with Crippen molar-refractivity contribution in [1.29, 1.82) is 0 Å². The minimum atomic E-state index is 0. The third kappa shape index (κ3) is 3.01. The van der Waals surface area contributed by atoms with Gasteiger partial charge in [-0.15, -0.1) is 35.5 Å². The third-order valence-corrected chi connectivity index (χ3v) is 5.11. The molecule has 0 saturated carbocycles. The predicted molar refractivity (Wildman–Crippen MR) is 84.9 cm³/mol. The number of likely N-dealkylation sites (N-methyl/N-ethyl adjacent to an activating group) is 1. The standard InChI is InChI=1S/C12H16N4OS2.ClH/c1-16-5-4-13-7-8(16)11-14-12(17-15-11)10-9(18-2)3-6-19-10;/h3,6,8,13H,4-5,7H2,1-2H3;1H. The summed E-state index contributed by atoms with van der Waals surface area (Å²) in [5, 5.41) is 9.57. The molecule has 1 saturated heterocycles. The number of rotatable bonds is 3. The molecule has 3 rings (SSSR count). The van der Waals surface area contributed by atoms with Crippen molar-refractivity contribution in [3.05, 3.63) is 17.3 Å². The van der Waals surface area contributed by atoms with E-state index in [9.17, 15) is 0 Å². The van der Waals surface area contributed by atoms with Crippen molar-refractivity contribution < 1.29 is 4.52 Å². The molecule has 0 spiro atoms. The molecule has 2 aromatic rings. The van der Waals surface area contributed by atoms with Gasteiger partial charge in [0.2, 0.25) is 0 Å². The Balaban J connectivity index is 0.00000147. The van der Waals surface area contributed by atoms with Gasteiger partial charge in [0.05, 0.1) is 6.04 Å². The molecule has 0 radical (unpaired) electrons. The number of nitrogens with zero attached hydrogens (tertiary/aromatic N) is 3. The molecule has 110 valence electrons. The van der Waals surface area contributed by atoms with Crippen LogP contribution < -0.4 is 5.32 Å². The molecule has 5 nitrogen and oxygen atoms in total. The van der Waals surface area contributed by atoms with Crippen molar-refractivity contribution in [3.63, 3.8) is 0 Å². The molecule has 20 heavy (non-hydrogen) atoms. The van der Waals surface area contributed by atoms with Gasteiger partial charge < -0.3 is 9.84 Å². The fraction of sp³-hybridized carbons (Fsp3) is 0.500. The lowest BCUT2D eigenvalue weighted by molar-refractivity contribution is 0.190. The van der Waals surface area contributed by atoms with Crippen LogP contribution in [-0.4, -0.2) is 48.0 Å². The highest BCUT2D eigenvalue weighted by atomic mass is 35.5. The van der Waals surface area contributed by atoms with E-state index in [4.69, 9.17) is 4.52 Å². The average molecular weight is 333 g/mol. The molecular weight excluding hydrogens is 316 g/mol. The minimum absolute atomic E-state index is 0. The molecule has 0 amide bonds. The van der Waals surface area contributed by atoms with Crippen molar-refractivity contribution in [2.45, 2.75) is 10.9 Å². The second kappa shape index (κ2) is 6.91. The summed E-state index contributed by atoms with van der Waals surface area (Å²) in [7, 11) is 2.10. The first kappa shape index (κ1) is 15.8. The molecule has 1 N–H and O–H groups in total. The Hall–Kier alpha value is -0.600. The third-order valence-electron chi connectivity index (χ3n) is 3.29. The lowest BCUT2D eigenvalue weighted by Crippen LogP contribution is -2.44. The van der Waals surface area contributed by atoms with E-state index in [0.717, 1.165) is 30.3 Å². The van der Waals surface area contributed by atoms with Gasteiger partial charge in [-0.1, -0.05) is 5.16 Å². The lowest BCUT2D eigenvalue weighted by atomic mass is 10.2. The quantitative estimate of drug-likeness (QED) is 0.872. The van der Waals surface area contributed by atoms with Gasteiger partial charge in [-0.05, 0) is 24.7 Å². The van der Waals surface area contributed by atoms with Gasteiger partial charge in [-0.2, -0.15) is 4.98 Å². The Bertz CT molecular complexity index is 559. The monoisotopic (exact) mass is 332 g/mol. The van der Waals surface area contributed by atoms with Crippen LogP contribution in [0.15, 0.2) is 20.9 Å². The molecule has 2 aromatic heterocycles. The number of piperazine rings is 1. The maximum atomic E-state index is 5.43. The fourth-order valence-corrected chi connectivity index (χ4v) is 3.84. The SMILES string of the molecule is CSc1ccsc1-c1nc(C2CNCCN2C)no1.Cl. The second-order valence-corrected chi connectivity index (χ2v) is 6.24. The second-order valence-electron chi connectivity index (χ2n) is 4.48. The number of hydrogen-bond donors (Lipinski definition) is 1. The Kier molecular flexibility index (Phi) is 5.45. The van der Waals surface area contributed by atoms with E-state index in [2.05, 4.69) is 45.1 Å². The van der Waals surface area contributed by atoms with Gasteiger partial charge >= 0.3 is 0 Å². The zero-order valence-corrected chi connectivity index (χ0v) is 13.8. The molecule has 0 aliphatic carbocycles. The molecule has 1 aliphatic heterocycles. The van der Waals surface area contributed by atoms with Crippen LogP contribution >= 0.6 is 35.5 Å². The predicted octanol–water partition coefficient (Wildman–Crippen LogP) is 2.52. The van der Waals surface area contributed by atoms with Crippen LogP contribution in [0.5, 0.6) is 0 Å². The molecule has 1 atom stereocenters. The molecule has 0 bridgehead atoms. The van der Waals surface area contributed by atoms with Crippen LogP contribution in [0.25, 0.3) is 10.8 Å². The summed E-state index contributed by atoms with van der Waals surface area (Å²) in [5.74, 6) is 1.40. The summed E-state index contributed by atoms with van der Waals surface area (Å²) in [6, 6.07) is 2.28. The van der Waals surface area contributed by atoms with Gasteiger partial charge in [-0.3, -0.25) is 4.90 Å². The van der Waals surface area contributed by atoms with Crippen molar-refractivity contribution in [1.82, 2.24) is 20.4 Å². The van der Waals surface area contributed by atoms with Gasteiger partial charge in [0, 0.05) is 24.5 Å². The lowest BCUT2D eigenvalue weighted by Gasteiger charge is -2.30. The van der Waals surface area contributed by atoms with Gasteiger partial charge in [0.1, 0.15) is 4.88 Å². The van der Waals surface area contributed by atoms with Gasteiger partial charge in [-0.25, -0.2) is 0 Å². The van der Waals surface area contributed by atoms with E-state index in [0.29, 0.717) is 5.89 Å². The summed E-state index contributed by atoms with van der Waals surface area (Å²) >= 11 is 3.34. The number of thioether (sulfide) groups is 1. The van der Waals surface area contributed by atoms with Crippen LogP contribution in [0.2, 0.25) is 0 Å². The maximum Gasteiger partial charge on any atom is 0.269 e. The maximum absolute atomic E-state index is 5.43. The molecule has 1 unspecified atom stereocenters.